The molecule has 8 heteroatoms. The molecule has 32 heavy (non-hydrogen) atoms. The molecule has 5 N–H and O–H groups in total. The fourth-order valence-electron chi connectivity index (χ4n) is 4.65. The summed E-state index contributed by atoms with van der Waals surface area (Å²) in [6.45, 7) is 0.795. The molecule has 3 aromatic rings. The number of nitrogens with two attached hydrogens (primary N) is 1. The SMILES string of the molecule is NC(=O)c1cccc(NC2=C(c3c4n(c5ccccc35)CCC(CO)C4)C(=O)NC2=O)c1. The van der Waals surface area contributed by atoms with Crippen LogP contribution in [0.3, 0.4) is 0 Å². The molecule has 0 aliphatic carbocycles. The van der Waals surface area contributed by atoms with Gasteiger partial charge in [0.2, 0.25) is 5.91 Å². The third-order valence-electron chi connectivity index (χ3n) is 6.18. The second-order valence-electron chi connectivity index (χ2n) is 8.14. The average molecular weight is 430 g/mol. The minimum atomic E-state index is -0.586. The third-order valence-corrected chi connectivity index (χ3v) is 6.18. The number of amides is 3. The van der Waals surface area contributed by atoms with Crippen molar-refractivity contribution in [3.63, 3.8) is 0 Å². The van der Waals surface area contributed by atoms with Crippen LogP contribution in [0, 0.1) is 5.92 Å². The van der Waals surface area contributed by atoms with E-state index in [4.69, 9.17) is 5.73 Å². The molecule has 2 aliphatic heterocycles. The first-order chi connectivity index (χ1) is 15.5. The van der Waals surface area contributed by atoms with E-state index in [9.17, 15) is 19.5 Å². The third kappa shape index (κ3) is 3.16. The van der Waals surface area contributed by atoms with Gasteiger partial charge < -0.3 is 20.7 Å². The van der Waals surface area contributed by atoms with Crippen LogP contribution in [0.5, 0.6) is 0 Å². The van der Waals surface area contributed by atoms with Gasteiger partial charge >= 0.3 is 0 Å². The molecule has 0 saturated carbocycles. The molecular weight excluding hydrogens is 408 g/mol. The first-order valence-corrected chi connectivity index (χ1v) is 10.5. The molecule has 0 saturated heterocycles. The van der Waals surface area contributed by atoms with Crippen molar-refractivity contribution in [2.24, 2.45) is 11.7 Å². The van der Waals surface area contributed by atoms with Crippen LogP contribution in [0.25, 0.3) is 16.5 Å². The van der Waals surface area contributed by atoms with Gasteiger partial charge in [-0.25, -0.2) is 0 Å². The highest BCUT2D eigenvalue weighted by Gasteiger charge is 2.36. The summed E-state index contributed by atoms with van der Waals surface area (Å²) in [6.07, 6.45) is 1.45. The molecule has 162 valence electrons. The number of nitrogens with one attached hydrogen (secondary N) is 2. The molecule has 0 fully saturated rings. The Morgan fingerprint density at radius 3 is 2.75 bits per heavy atom. The monoisotopic (exact) mass is 430 g/mol. The zero-order valence-electron chi connectivity index (χ0n) is 17.2. The van der Waals surface area contributed by atoms with E-state index in [0.717, 1.165) is 29.6 Å². The van der Waals surface area contributed by atoms with Crippen LogP contribution >= 0.6 is 0 Å². The predicted octanol–water partition coefficient (Wildman–Crippen LogP) is 1.77. The number of nitrogens with zero attached hydrogens (tertiary/aromatic N) is 1. The molecule has 1 aromatic heterocycles. The standard InChI is InChI=1S/C24H22N4O4/c25-22(30)14-4-3-5-15(11-14)26-21-20(23(31)27-24(21)32)19-16-6-1-2-7-17(16)28-9-8-13(12-29)10-18(19)28/h1-7,11,13,29H,8-10,12H2,(H2,25,30)(H2,26,27,31,32). The molecule has 1 atom stereocenters. The Labute approximate surface area is 183 Å². The average Bonchev–Trinajstić information content (AvgIpc) is 3.26. The number of aryl methyl sites for hydroxylation is 1. The lowest BCUT2D eigenvalue weighted by atomic mass is 9.92. The van der Waals surface area contributed by atoms with Gasteiger partial charge in [-0.2, -0.15) is 0 Å². The normalized spacial score (nSPS) is 18.1. The van der Waals surface area contributed by atoms with Crippen molar-refractivity contribution in [3.8, 4) is 0 Å². The number of fused-ring (bicyclic) bond motifs is 3. The Kier molecular flexibility index (Phi) is 4.79. The minimum absolute atomic E-state index is 0.0656. The number of rotatable bonds is 5. The maximum absolute atomic E-state index is 13.0. The van der Waals surface area contributed by atoms with Gasteiger partial charge in [0.25, 0.3) is 11.8 Å². The van der Waals surface area contributed by atoms with Crippen LogP contribution in [0.15, 0.2) is 54.2 Å². The zero-order valence-corrected chi connectivity index (χ0v) is 17.2. The number of aliphatic hydroxyl groups excluding tert-OH is 1. The van der Waals surface area contributed by atoms with Crippen molar-refractivity contribution in [1.29, 1.82) is 0 Å². The van der Waals surface area contributed by atoms with Crippen molar-refractivity contribution in [2.45, 2.75) is 19.4 Å². The van der Waals surface area contributed by atoms with Crippen molar-refractivity contribution in [3.05, 3.63) is 71.0 Å². The molecule has 1 unspecified atom stereocenters. The predicted molar refractivity (Wildman–Crippen MR) is 119 cm³/mol. The number of primary amides is 1. The van der Waals surface area contributed by atoms with E-state index in [1.54, 1.807) is 18.2 Å². The van der Waals surface area contributed by atoms with E-state index in [1.807, 2.05) is 24.3 Å². The summed E-state index contributed by atoms with van der Waals surface area (Å²) >= 11 is 0. The second kappa shape index (κ2) is 7.65. The van der Waals surface area contributed by atoms with Crippen molar-refractivity contribution < 1.29 is 19.5 Å². The molecule has 0 spiro atoms. The summed E-state index contributed by atoms with van der Waals surface area (Å²) < 4.78 is 2.17. The van der Waals surface area contributed by atoms with Crippen LogP contribution in [0.4, 0.5) is 5.69 Å². The number of hydrogen-bond acceptors (Lipinski definition) is 5. The Morgan fingerprint density at radius 1 is 1.16 bits per heavy atom. The number of carbonyl (C=O) groups excluding carboxylic acids is 3. The summed E-state index contributed by atoms with van der Waals surface area (Å²) in [6, 6.07) is 14.3. The lowest BCUT2D eigenvalue weighted by molar-refractivity contribution is -0.123. The summed E-state index contributed by atoms with van der Waals surface area (Å²) in [7, 11) is 0. The van der Waals surface area contributed by atoms with Gasteiger partial charge in [0, 0.05) is 46.6 Å². The maximum Gasteiger partial charge on any atom is 0.275 e. The van der Waals surface area contributed by atoms with Gasteiger partial charge in [0.1, 0.15) is 5.70 Å². The number of benzene rings is 2. The summed E-state index contributed by atoms with van der Waals surface area (Å²) in [5.74, 6) is -1.51. The second-order valence-corrected chi connectivity index (χ2v) is 8.14. The smallest absolute Gasteiger partial charge is 0.275 e. The van der Waals surface area contributed by atoms with Crippen LogP contribution in [-0.4, -0.2) is 34.0 Å². The van der Waals surface area contributed by atoms with Crippen molar-refractivity contribution in [2.75, 3.05) is 11.9 Å². The summed E-state index contributed by atoms with van der Waals surface area (Å²) in [5.41, 5.74) is 9.16. The molecule has 8 nitrogen and oxygen atoms in total. The summed E-state index contributed by atoms with van der Waals surface area (Å²) in [4.78, 5) is 37.3. The van der Waals surface area contributed by atoms with Gasteiger partial charge in [-0.05, 0) is 43.0 Å². The van der Waals surface area contributed by atoms with E-state index in [-0.39, 0.29) is 23.8 Å². The van der Waals surface area contributed by atoms with E-state index >= 15 is 0 Å². The molecule has 2 aromatic carbocycles. The Hall–Kier alpha value is -3.91. The molecule has 2 aliphatic rings. The first kappa shape index (κ1) is 20.0. The molecule has 3 amide bonds. The van der Waals surface area contributed by atoms with Gasteiger partial charge in [-0.1, -0.05) is 24.3 Å². The van der Waals surface area contributed by atoms with Crippen LogP contribution < -0.4 is 16.4 Å². The van der Waals surface area contributed by atoms with Gasteiger partial charge in [0.15, 0.2) is 0 Å². The van der Waals surface area contributed by atoms with Crippen molar-refractivity contribution in [1.82, 2.24) is 9.88 Å². The lowest BCUT2D eigenvalue weighted by Crippen LogP contribution is -2.25. The highest BCUT2D eigenvalue weighted by molar-refractivity contribution is 6.38. The fraction of sp³-hybridized carbons (Fsp3) is 0.208. The first-order valence-electron chi connectivity index (χ1n) is 10.5. The Balaban J connectivity index is 1.71. The number of para-hydroxylation sites is 1. The highest BCUT2D eigenvalue weighted by atomic mass is 16.3. The lowest BCUT2D eigenvalue weighted by Gasteiger charge is -2.24. The van der Waals surface area contributed by atoms with Crippen LogP contribution in [-0.2, 0) is 22.6 Å². The van der Waals surface area contributed by atoms with E-state index < -0.39 is 17.7 Å². The molecule has 0 radical (unpaired) electrons. The Morgan fingerprint density at radius 2 is 1.97 bits per heavy atom. The van der Waals surface area contributed by atoms with Gasteiger partial charge in [0.05, 0.1) is 5.57 Å². The maximum atomic E-state index is 13.0. The van der Waals surface area contributed by atoms with E-state index in [2.05, 4.69) is 15.2 Å². The number of aromatic nitrogens is 1. The highest BCUT2D eigenvalue weighted by Crippen LogP contribution is 2.39. The number of hydrogen-bond donors (Lipinski definition) is 4. The van der Waals surface area contributed by atoms with Crippen LogP contribution in [0.1, 0.15) is 28.0 Å². The molecular formula is C24H22N4O4. The fourth-order valence-corrected chi connectivity index (χ4v) is 4.65. The van der Waals surface area contributed by atoms with E-state index in [0.29, 0.717) is 23.2 Å². The number of aliphatic hydroxyl groups is 1. The molecule has 5 rings (SSSR count). The number of anilines is 1. The Bertz CT molecular complexity index is 1320. The van der Waals surface area contributed by atoms with Gasteiger partial charge in [-0.3, -0.25) is 19.7 Å². The summed E-state index contributed by atoms with van der Waals surface area (Å²) in [5, 5.41) is 16.1. The van der Waals surface area contributed by atoms with Gasteiger partial charge in [-0.15, -0.1) is 0 Å². The minimum Gasteiger partial charge on any atom is -0.396 e. The zero-order chi connectivity index (χ0) is 22.4. The van der Waals surface area contributed by atoms with E-state index in [1.165, 1.54) is 6.07 Å². The number of carbonyl (C=O) groups is 3. The van der Waals surface area contributed by atoms with Crippen molar-refractivity contribution >= 4 is 39.9 Å². The number of imide groups is 1. The topological polar surface area (TPSA) is 126 Å². The largest absolute Gasteiger partial charge is 0.396 e. The molecule has 0 bridgehead atoms. The molecule has 3 heterocycles. The van der Waals surface area contributed by atoms with Crippen LogP contribution in [0.2, 0.25) is 0 Å². The quantitative estimate of drug-likeness (QED) is 0.459.